The fourth-order valence-electron chi connectivity index (χ4n) is 1.46. The van der Waals surface area contributed by atoms with Crippen molar-refractivity contribution in [2.24, 2.45) is 5.10 Å². The lowest BCUT2D eigenvalue weighted by Gasteiger charge is -1.98. The number of aromatic nitrogens is 1. The second-order valence-electron chi connectivity index (χ2n) is 4.00. The molecule has 1 aromatic carbocycles. The molecule has 0 fully saturated rings. The molecule has 7 heteroatoms. The zero-order chi connectivity index (χ0) is 14.5. The fraction of sp³-hybridized carbons (Fsp3) is 0.154. The Kier molecular flexibility index (Phi) is 4.97. The lowest BCUT2D eigenvalue weighted by molar-refractivity contribution is -0.120. The Morgan fingerprint density at radius 1 is 1.60 bits per heavy atom. The Morgan fingerprint density at radius 3 is 3.05 bits per heavy atom. The monoisotopic (exact) mass is 355 g/mol. The Hall–Kier alpha value is -1.60. The van der Waals surface area contributed by atoms with E-state index in [1.807, 2.05) is 12.3 Å². The van der Waals surface area contributed by atoms with Gasteiger partial charge in [0.25, 0.3) is 0 Å². The van der Waals surface area contributed by atoms with Crippen LogP contribution in [0.1, 0.15) is 16.3 Å². The predicted octanol–water partition coefficient (Wildman–Crippen LogP) is 3.05. The number of hydrogen-bond donors (Lipinski definition) is 1. The summed E-state index contributed by atoms with van der Waals surface area (Å²) in [5.41, 5.74) is 3.82. The summed E-state index contributed by atoms with van der Waals surface area (Å²) in [6.45, 7) is 1.89. The van der Waals surface area contributed by atoms with Crippen LogP contribution in [0.25, 0.3) is 0 Å². The molecule has 1 aromatic heterocycles. The number of benzene rings is 1. The molecule has 1 amide bonds. The highest BCUT2D eigenvalue weighted by Crippen LogP contribution is 2.15. The zero-order valence-corrected chi connectivity index (χ0v) is 13.0. The van der Waals surface area contributed by atoms with Gasteiger partial charge in [-0.2, -0.15) is 5.10 Å². The second-order valence-corrected chi connectivity index (χ2v) is 5.92. The minimum Gasteiger partial charge on any atom is -0.273 e. The van der Waals surface area contributed by atoms with Crippen molar-refractivity contribution in [3.63, 3.8) is 0 Å². The molecule has 0 aliphatic rings. The maximum Gasteiger partial charge on any atom is 0.246 e. The number of hydrogen-bond acceptors (Lipinski definition) is 4. The highest BCUT2D eigenvalue weighted by Gasteiger charge is 2.05. The molecule has 2 rings (SSSR count). The number of nitrogens with zero attached hydrogens (tertiary/aromatic N) is 2. The summed E-state index contributed by atoms with van der Waals surface area (Å²) in [5.74, 6) is -0.585. The van der Waals surface area contributed by atoms with E-state index in [0.717, 1.165) is 10.7 Å². The number of nitrogens with one attached hydrogen (secondary N) is 1. The molecule has 1 heterocycles. The highest BCUT2D eigenvalue weighted by molar-refractivity contribution is 9.10. The quantitative estimate of drug-likeness (QED) is 0.676. The van der Waals surface area contributed by atoms with Gasteiger partial charge in [-0.15, -0.1) is 11.3 Å². The van der Waals surface area contributed by atoms with Gasteiger partial charge in [-0.1, -0.05) is 6.07 Å². The van der Waals surface area contributed by atoms with Gasteiger partial charge in [0.2, 0.25) is 5.91 Å². The number of rotatable bonds is 4. The van der Waals surface area contributed by atoms with E-state index in [1.54, 1.807) is 12.1 Å². The zero-order valence-electron chi connectivity index (χ0n) is 10.6. The van der Waals surface area contributed by atoms with Crippen LogP contribution in [0.5, 0.6) is 0 Å². The van der Waals surface area contributed by atoms with Gasteiger partial charge >= 0.3 is 0 Å². The normalized spacial score (nSPS) is 10.9. The number of halogens is 2. The SMILES string of the molecule is Cc1nc(CC(=O)N/N=C\c2ccc(F)c(Br)c2)cs1. The third-order valence-electron chi connectivity index (χ3n) is 2.35. The Labute approximate surface area is 127 Å². The Bertz CT molecular complexity index is 657. The maximum atomic E-state index is 13.0. The van der Waals surface area contributed by atoms with Crippen molar-refractivity contribution in [2.45, 2.75) is 13.3 Å². The van der Waals surface area contributed by atoms with E-state index in [0.29, 0.717) is 10.0 Å². The molecule has 0 saturated carbocycles. The molecule has 0 aliphatic carbocycles. The number of aryl methyl sites for hydroxylation is 1. The first-order chi connectivity index (χ1) is 9.54. The summed E-state index contributed by atoms with van der Waals surface area (Å²) in [6.07, 6.45) is 1.64. The van der Waals surface area contributed by atoms with Gasteiger partial charge in [-0.05, 0) is 40.5 Å². The molecule has 4 nitrogen and oxygen atoms in total. The van der Waals surface area contributed by atoms with Crippen LogP contribution in [-0.2, 0) is 11.2 Å². The van der Waals surface area contributed by atoms with E-state index in [-0.39, 0.29) is 18.1 Å². The average Bonchev–Trinajstić information content (AvgIpc) is 2.79. The van der Waals surface area contributed by atoms with Crippen molar-refractivity contribution in [3.05, 3.63) is 50.1 Å². The Morgan fingerprint density at radius 2 is 2.40 bits per heavy atom. The molecular weight excluding hydrogens is 345 g/mol. The maximum absolute atomic E-state index is 13.0. The molecule has 0 spiro atoms. The summed E-state index contributed by atoms with van der Waals surface area (Å²) in [4.78, 5) is 15.8. The summed E-state index contributed by atoms with van der Waals surface area (Å²) in [6, 6.07) is 4.47. The number of carbonyl (C=O) groups excluding carboxylic acids is 1. The lowest BCUT2D eigenvalue weighted by atomic mass is 10.2. The van der Waals surface area contributed by atoms with Gasteiger partial charge in [0, 0.05) is 5.38 Å². The fourth-order valence-corrected chi connectivity index (χ4v) is 2.47. The summed E-state index contributed by atoms with van der Waals surface area (Å²) in [5, 5.41) is 6.59. The van der Waals surface area contributed by atoms with E-state index < -0.39 is 0 Å². The molecule has 0 saturated heterocycles. The third kappa shape index (κ3) is 4.21. The van der Waals surface area contributed by atoms with Crippen molar-refractivity contribution in [3.8, 4) is 0 Å². The molecule has 0 aliphatic heterocycles. The minimum atomic E-state index is -0.343. The van der Waals surface area contributed by atoms with Crippen LogP contribution in [0, 0.1) is 12.7 Å². The van der Waals surface area contributed by atoms with E-state index >= 15 is 0 Å². The minimum absolute atomic E-state index is 0.189. The third-order valence-corrected chi connectivity index (χ3v) is 3.78. The van der Waals surface area contributed by atoms with Crippen LogP contribution in [-0.4, -0.2) is 17.1 Å². The van der Waals surface area contributed by atoms with Crippen LogP contribution in [0.2, 0.25) is 0 Å². The number of amides is 1. The van der Waals surface area contributed by atoms with Crippen molar-refractivity contribution in [1.82, 2.24) is 10.4 Å². The molecule has 2 aromatic rings. The smallest absolute Gasteiger partial charge is 0.246 e. The molecule has 0 atom stereocenters. The van der Waals surface area contributed by atoms with Crippen molar-refractivity contribution in [1.29, 1.82) is 0 Å². The molecule has 104 valence electrons. The lowest BCUT2D eigenvalue weighted by Crippen LogP contribution is -2.19. The standard InChI is InChI=1S/C13H11BrFN3OS/c1-8-17-10(7-20-8)5-13(19)18-16-6-9-2-3-12(15)11(14)4-9/h2-4,6-7H,5H2,1H3,(H,18,19)/b16-6-. The Balaban J connectivity index is 1.89. The molecule has 1 N–H and O–H groups in total. The van der Waals surface area contributed by atoms with Gasteiger partial charge in [0.1, 0.15) is 5.82 Å². The van der Waals surface area contributed by atoms with Gasteiger partial charge in [-0.25, -0.2) is 14.8 Å². The van der Waals surface area contributed by atoms with Gasteiger partial charge in [0.15, 0.2) is 0 Å². The summed E-state index contributed by atoms with van der Waals surface area (Å²) >= 11 is 4.58. The van der Waals surface area contributed by atoms with Crippen LogP contribution in [0.15, 0.2) is 33.2 Å². The van der Waals surface area contributed by atoms with Crippen LogP contribution < -0.4 is 5.43 Å². The number of hydrazone groups is 1. The van der Waals surface area contributed by atoms with Crippen LogP contribution in [0.3, 0.4) is 0 Å². The van der Waals surface area contributed by atoms with Crippen molar-refractivity contribution >= 4 is 39.4 Å². The van der Waals surface area contributed by atoms with Gasteiger partial charge in [-0.3, -0.25) is 4.79 Å². The van der Waals surface area contributed by atoms with E-state index in [9.17, 15) is 9.18 Å². The molecule has 20 heavy (non-hydrogen) atoms. The van der Waals surface area contributed by atoms with Crippen LogP contribution >= 0.6 is 27.3 Å². The van der Waals surface area contributed by atoms with Crippen molar-refractivity contribution in [2.75, 3.05) is 0 Å². The van der Waals surface area contributed by atoms with E-state index in [1.165, 1.54) is 23.6 Å². The highest BCUT2D eigenvalue weighted by atomic mass is 79.9. The summed E-state index contributed by atoms with van der Waals surface area (Å²) in [7, 11) is 0. The van der Waals surface area contributed by atoms with E-state index in [4.69, 9.17) is 0 Å². The molecule has 0 unspecified atom stereocenters. The molecule has 0 bridgehead atoms. The average molecular weight is 356 g/mol. The summed E-state index contributed by atoms with van der Waals surface area (Å²) < 4.78 is 13.4. The molecular formula is C13H11BrFN3OS. The first-order valence-electron chi connectivity index (χ1n) is 5.72. The first kappa shape index (κ1) is 14.8. The second kappa shape index (κ2) is 6.71. The predicted molar refractivity (Wildman–Crippen MR) is 80.4 cm³/mol. The van der Waals surface area contributed by atoms with Gasteiger partial charge < -0.3 is 0 Å². The van der Waals surface area contributed by atoms with Gasteiger partial charge in [0.05, 0.1) is 27.8 Å². The van der Waals surface area contributed by atoms with E-state index in [2.05, 4.69) is 31.4 Å². The number of thiazole rings is 1. The van der Waals surface area contributed by atoms with Crippen molar-refractivity contribution < 1.29 is 9.18 Å². The molecule has 0 radical (unpaired) electrons. The first-order valence-corrected chi connectivity index (χ1v) is 7.40. The number of carbonyl (C=O) groups is 1. The largest absolute Gasteiger partial charge is 0.273 e. The van der Waals surface area contributed by atoms with Crippen LogP contribution in [0.4, 0.5) is 4.39 Å². The topological polar surface area (TPSA) is 54.4 Å².